The molecule has 1 fully saturated rings. The largest absolute Gasteiger partial charge is 0.444 e. The van der Waals surface area contributed by atoms with Gasteiger partial charge in [0.25, 0.3) is 0 Å². The van der Waals surface area contributed by atoms with Gasteiger partial charge in [-0.2, -0.15) is 0 Å². The molecule has 0 aromatic heterocycles. The second-order valence-electron chi connectivity index (χ2n) is 8.20. The van der Waals surface area contributed by atoms with Gasteiger partial charge in [0.05, 0.1) is 5.60 Å². The van der Waals surface area contributed by atoms with Gasteiger partial charge in [-0.05, 0) is 70.0 Å². The van der Waals surface area contributed by atoms with Crippen molar-refractivity contribution in [3.63, 3.8) is 0 Å². The normalized spacial score (nSPS) is 16.6. The van der Waals surface area contributed by atoms with E-state index in [1.807, 2.05) is 39.0 Å². The Labute approximate surface area is 180 Å². The highest BCUT2D eigenvalue weighted by Crippen LogP contribution is 2.41. The molecule has 1 saturated heterocycles. The Bertz CT molecular complexity index is 892. The van der Waals surface area contributed by atoms with Crippen molar-refractivity contribution in [2.24, 2.45) is 0 Å². The molecule has 0 bridgehead atoms. The third-order valence-corrected chi connectivity index (χ3v) is 6.01. The fourth-order valence-corrected chi connectivity index (χ4v) is 4.60. The molecule has 2 aromatic rings. The van der Waals surface area contributed by atoms with Gasteiger partial charge >= 0.3 is 6.09 Å². The van der Waals surface area contributed by atoms with Gasteiger partial charge in [-0.3, -0.25) is 0 Å². The van der Waals surface area contributed by atoms with Crippen LogP contribution < -0.4 is 0 Å². The molecule has 1 heterocycles. The van der Waals surface area contributed by atoms with E-state index in [4.69, 9.17) is 16.3 Å². The van der Waals surface area contributed by atoms with Crippen LogP contribution in [0.3, 0.4) is 0 Å². The van der Waals surface area contributed by atoms with Crippen LogP contribution in [0, 0.1) is 5.82 Å². The number of carbonyl (C=O) groups excluding carboxylic acids is 1. The van der Waals surface area contributed by atoms with Crippen molar-refractivity contribution in [1.82, 2.24) is 4.90 Å². The highest BCUT2D eigenvalue weighted by atomic mass is 35.5. The first-order valence-electron chi connectivity index (χ1n) is 9.49. The van der Waals surface area contributed by atoms with E-state index in [0.717, 1.165) is 9.79 Å². The molecular weight excluding hydrogens is 413 g/mol. The van der Waals surface area contributed by atoms with Crippen molar-refractivity contribution in [2.75, 3.05) is 13.1 Å². The summed E-state index contributed by atoms with van der Waals surface area (Å²) in [6.07, 6.45) is 0.213. The van der Waals surface area contributed by atoms with E-state index in [0.29, 0.717) is 36.5 Å². The predicted octanol–water partition coefficient (Wildman–Crippen LogP) is 5.85. The van der Waals surface area contributed by atoms with Crippen LogP contribution in [-0.2, 0) is 10.3 Å². The summed E-state index contributed by atoms with van der Waals surface area (Å²) < 4.78 is 19.5. The number of hydrogen-bond acceptors (Lipinski definition) is 4. The Morgan fingerprint density at radius 3 is 2.52 bits per heavy atom. The van der Waals surface area contributed by atoms with Gasteiger partial charge in [-0.15, -0.1) is 0 Å². The number of nitrogens with zero attached hydrogens (tertiary/aromatic N) is 1. The Morgan fingerprint density at radius 2 is 1.90 bits per heavy atom. The van der Waals surface area contributed by atoms with Crippen molar-refractivity contribution in [1.29, 1.82) is 0 Å². The maximum atomic E-state index is 14.0. The average molecular weight is 438 g/mol. The van der Waals surface area contributed by atoms with E-state index in [9.17, 15) is 14.3 Å². The first kappa shape index (κ1) is 21.9. The molecule has 1 aliphatic heterocycles. The van der Waals surface area contributed by atoms with E-state index >= 15 is 0 Å². The van der Waals surface area contributed by atoms with Crippen LogP contribution in [0.25, 0.3) is 0 Å². The first-order chi connectivity index (χ1) is 13.6. The molecule has 0 saturated carbocycles. The molecule has 2 aromatic carbocycles. The molecule has 1 N–H and O–H groups in total. The summed E-state index contributed by atoms with van der Waals surface area (Å²) in [5.41, 5.74) is -1.26. The van der Waals surface area contributed by atoms with Gasteiger partial charge < -0.3 is 14.7 Å². The van der Waals surface area contributed by atoms with E-state index in [2.05, 4.69) is 0 Å². The highest BCUT2D eigenvalue weighted by Gasteiger charge is 2.38. The number of amides is 1. The lowest BCUT2D eigenvalue weighted by Gasteiger charge is -2.39. The van der Waals surface area contributed by atoms with E-state index in [1.165, 1.54) is 23.9 Å². The number of rotatable bonds is 3. The number of piperidine rings is 1. The smallest absolute Gasteiger partial charge is 0.410 e. The quantitative estimate of drug-likeness (QED) is 0.654. The molecule has 3 rings (SSSR count). The molecule has 1 aliphatic rings. The molecule has 7 heteroatoms. The summed E-state index contributed by atoms with van der Waals surface area (Å²) in [4.78, 5) is 15.6. The van der Waals surface area contributed by atoms with Gasteiger partial charge in [-0.1, -0.05) is 29.4 Å². The monoisotopic (exact) mass is 437 g/mol. The average Bonchev–Trinajstić information content (AvgIpc) is 2.62. The Hall–Kier alpha value is -1.76. The van der Waals surface area contributed by atoms with Crippen LogP contribution in [0.5, 0.6) is 0 Å². The number of ether oxygens (including phenoxy) is 1. The maximum Gasteiger partial charge on any atom is 0.410 e. The van der Waals surface area contributed by atoms with Crippen LogP contribution in [-0.4, -0.2) is 34.8 Å². The van der Waals surface area contributed by atoms with Crippen molar-refractivity contribution in [3.8, 4) is 0 Å². The van der Waals surface area contributed by atoms with E-state index in [-0.39, 0.29) is 0 Å². The van der Waals surface area contributed by atoms with Gasteiger partial charge in [0.2, 0.25) is 0 Å². The molecule has 0 spiro atoms. The molecule has 0 aliphatic carbocycles. The summed E-state index contributed by atoms with van der Waals surface area (Å²) in [6, 6.07) is 11.8. The Morgan fingerprint density at radius 1 is 1.21 bits per heavy atom. The minimum atomic E-state index is -1.22. The van der Waals surface area contributed by atoms with E-state index in [1.54, 1.807) is 17.0 Å². The van der Waals surface area contributed by atoms with Crippen LogP contribution in [0.2, 0.25) is 5.02 Å². The van der Waals surface area contributed by atoms with Gasteiger partial charge in [0.1, 0.15) is 11.4 Å². The first-order valence-corrected chi connectivity index (χ1v) is 10.7. The fourth-order valence-electron chi connectivity index (χ4n) is 3.27. The minimum absolute atomic E-state index is 0.304. The summed E-state index contributed by atoms with van der Waals surface area (Å²) in [6.45, 7) is 6.12. The molecule has 0 radical (unpaired) electrons. The second-order valence-corrected chi connectivity index (χ2v) is 9.75. The molecule has 4 nitrogen and oxygen atoms in total. The van der Waals surface area contributed by atoms with Crippen LogP contribution >= 0.6 is 23.4 Å². The van der Waals surface area contributed by atoms with Crippen LogP contribution in [0.4, 0.5) is 9.18 Å². The van der Waals surface area contributed by atoms with Gasteiger partial charge in [0, 0.05) is 33.5 Å². The third kappa shape index (κ3) is 5.65. The van der Waals surface area contributed by atoms with E-state index < -0.39 is 23.1 Å². The number of benzene rings is 2. The summed E-state index contributed by atoms with van der Waals surface area (Å²) in [7, 11) is 0. The number of likely N-dealkylation sites (tertiary alicyclic amines) is 1. The van der Waals surface area contributed by atoms with Crippen LogP contribution in [0.15, 0.2) is 52.3 Å². The zero-order valence-corrected chi connectivity index (χ0v) is 18.3. The zero-order chi connectivity index (χ0) is 21.2. The maximum absolute atomic E-state index is 14.0. The summed E-state index contributed by atoms with van der Waals surface area (Å²) >= 11 is 7.50. The third-order valence-electron chi connectivity index (χ3n) is 4.71. The molecule has 29 heavy (non-hydrogen) atoms. The lowest BCUT2D eigenvalue weighted by Crippen LogP contribution is -2.47. The summed E-state index contributed by atoms with van der Waals surface area (Å²) in [5, 5.41) is 11.9. The predicted molar refractivity (Wildman–Crippen MR) is 113 cm³/mol. The van der Waals surface area contributed by atoms with Gasteiger partial charge in [-0.25, -0.2) is 9.18 Å². The SMILES string of the molecule is CC(C)(C)OC(=O)N1CCC(O)(c2cc(F)ccc2Sc2cccc(Cl)c2)CC1. The van der Waals surface area contributed by atoms with Crippen molar-refractivity contribution in [2.45, 2.75) is 54.6 Å². The molecule has 0 unspecified atom stereocenters. The minimum Gasteiger partial charge on any atom is -0.444 e. The number of hydrogen-bond donors (Lipinski definition) is 1. The molecule has 1 amide bonds. The van der Waals surface area contributed by atoms with Crippen molar-refractivity contribution >= 4 is 29.5 Å². The van der Waals surface area contributed by atoms with Gasteiger partial charge in [0.15, 0.2) is 0 Å². The molecular formula is C22H25ClFNO3S. The molecule has 156 valence electrons. The lowest BCUT2D eigenvalue weighted by molar-refractivity contribution is -0.0373. The topological polar surface area (TPSA) is 49.8 Å². The Balaban J connectivity index is 1.79. The Kier molecular flexibility index (Phi) is 6.46. The summed E-state index contributed by atoms with van der Waals surface area (Å²) in [5.74, 6) is -0.404. The fraction of sp³-hybridized carbons (Fsp3) is 0.409. The standard InChI is InChI=1S/C22H25ClFNO3S/c1-21(2,3)28-20(26)25-11-9-22(27,10-12-25)18-14-16(24)7-8-19(18)29-17-6-4-5-15(23)13-17/h4-8,13-14,27H,9-12H2,1-3H3. The number of carbonyl (C=O) groups is 1. The number of aliphatic hydroxyl groups is 1. The second kappa shape index (κ2) is 8.54. The van der Waals surface area contributed by atoms with Crippen molar-refractivity contribution in [3.05, 3.63) is 58.9 Å². The lowest BCUT2D eigenvalue weighted by atomic mass is 9.84. The van der Waals surface area contributed by atoms with Crippen LogP contribution in [0.1, 0.15) is 39.2 Å². The number of halogens is 2. The van der Waals surface area contributed by atoms with Crippen molar-refractivity contribution < 1.29 is 19.0 Å². The zero-order valence-electron chi connectivity index (χ0n) is 16.7. The highest BCUT2D eigenvalue weighted by molar-refractivity contribution is 7.99. The molecule has 0 atom stereocenters.